The zero-order chi connectivity index (χ0) is 16.7. The van der Waals surface area contributed by atoms with E-state index >= 15 is 0 Å². The first kappa shape index (κ1) is 14.9. The molecular formula is C17H15NO6. The molecule has 1 aromatic rings. The van der Waals surface area contributed by atoms with Crippen molar-refractivity contribution >= 4 is 18.0 Å². The van der Waals surface area contributed by atoms with E-state index in [9.17, 15) is 14.4 Å². The lowest BCUT2D eigenvalue weighted by Gasteiger charge is -2.27. The van der Waals surface area contributed by atoms with Crippen LogP contribution in [-0.4, -0.2) is 36.3 Å². The summed E-state index contributed by atoms with van der Waals surface area (Å²) in [6.07, 6.45) is 2.36. The molecule has 3 heterocycles. The van der Waals surface area contributed by atoms with E-state index in [-0.39, 0.29) is 13.2 Å². The van der Waals surface area contributed by atoms with Crippen LogP contribution in [0.15, 0.2) is 42.5 Å². The van der Waals surface area contributed by atoms with Gasteiger partial charge in [-0.2, -0.15) is 0 Å². The van der Waals surface area contributed by atoms with Gasteiger partial charge in [-0.3, -0.25) is 9.59 Å². The highest BCUT2D eigenvalue weighted by atomic mass is 16.6. The Labute approximate surface area is 137 Å². The van der Waals surface area contributed by atoms with Gasteiger partial charge in [-0.15, -0.1) is 0 Å². The molecule has 1 unspecified atom stereocenters. The van der Waals surface area contributed by atoms with Crippen LogP contribution in [0.5, 0.6) is 0 Å². The van der Waals surface area contributed by atoms with E-state index in [0.29, 0.717) is 0 Å². The Balaban J connectivity index is 1.37. The van der Waals surface area contributed by atoms with Gasteiger partial charge in [0.25, 0.3) is 0 Å². The van der Waals surface area contributed by atoms with Crippen LogP contribution in [0.3, 0.4) is 0 Å². The van der Waals surface area contributed by atoms with Gasteiger partial charge in [0.05, 0.1) is 12.6 Å². The van der Waals surface area contributed by atoms with Gasteiger partial charge in [0, 0.05) is 0 Å². The lowest BCUT2D eigenvalue weighted by molar-refractivity contribution is -0.158. The minimum Gasteiger partial charge on any atom is -0.445 e. The summed E-state index contributed by atoms with van der Waals surface area (Å²) in [7, 11) is 0. The smallest absolute Gasteiger partial charge is 0.407 e. The first-order valence-electron chi connectivity index (χ1n) is 7.66. The average Bonchev–Trinajstić information content (AvgIpc) is 3.24. The number of esters is 2. The number of fused-ring (bicyclic) bond motifs is 5. The van der Waals surface area contributed by atoms with Crippen molar-refractivity contribution in [3.05, 3.63) is 48.0 Å². The van der Waals surface area contributed by atoms with Crippen molar-refractivity contribution in [2.45, 2.75) is 18.3 Å². The maximum atomic E-state index is 11.9. The fraction of sp³-hybridized carbons (Fsp3) is 0.353. The Morgan fingerprint density at radius 3 is 2.79 bits per heavy atom. The molecule has 2 bridgehead atoms. The van der Waals surface area contributed by atoms with Crippen LogP contribution < -0.4 is 5.32 Å². The van der Waals surface area contributed by atoms with Crippen LogP contribution in [0.1, 0.15) is 5.56 Å². The molecule has 0 saturated carbocycles. The molecule has 4 rings (SSSR count). The van der Waals surface area contributed by atoms with E-state index < -0.39 is 41.6 Å². The number of nitrogens with one attached hydrogen (secondary N) is 1. The van der Waals surface area contributed by atoms with Gasteiger partial charge in [0.15, 0.2) is 0 Å². The minimum atomic E-state index is -1.04. The molecule has 0 aliphatic carbocycles. The minimum absolute atomic E-state index is 0.0389. The summed E-state index contributed by atoms with van der Waals surface area (Å²) in [5.74, 6) is -2.50. The van der Waals surface area contributed by atoms with Crippen LogP contribution in [0.2, 0.25) is 0 Å². The number of alkyl carbamates (subject to hydrolysis) is 1. The van der Waals surface area contributed by atoms with E-state index in [1.165, 1.54) is 0 Å². The van der Waals surface area contributed by atoms with Crippen molar-refractivity contribution in [2.24, 2.45) is 11.8 Å². The number of carbonyl (C=O) groups is 3. The fourth-order valence-corrected chi connectivity index (χ4v) is 3.50. The molecule has 1 aromatic carbocycles. The van der Waals surface area contributed by atoms with Crippen molar-refractivity contribution in [3.8, 4) is 0 Å². The Kier molecular flexibility index (Phi) is 3.38. The standard InChI is InChI=1S/C17H15NO6/c19-14-12-11-6-7-17(24-11,13(12)15(20)23-14)9-18-16(21)22-8-10-4-2-1-3-5-10/h1-7,11-13H,8-9H2,(H,18,21)/t11?,12-,13+,17+/m0/s1. The van der Waals surface area contributed by atoms with E-state index in [4.69, 9.17) is 14.2 Å². The highest BCUT2D eigenvalue weighted by Crippen LogP contribution is 2.50. The van der Waals surface area contributed by atoms with Gasteiger partial charge >= 0.3 is 18.0 Å². The number of rotatable bonds is 4. The third kappa shape index (κ3) is 2.28. The molecule has 2 fully saturated rings. The molecule has 1 amide bonds. The van der Waals surface area contributed by atoms with E-state index in [2.05, 4.69) is 5.32 Å². The molecule has 3 aliphatic rings. The summed E-state index contributed by atoms with van der Waals surface area (Å²) in [6, 6.07) is 9.28. The molecule has 3 aliphatic heterocycles. The van der Waals surface area contributed by atoms with Gasteiger partial charge in [0.1, 0.15) is 24.0 Å². The zero-order valence-corrected chi connectivity index (χ0v) is 12.6. The van der Waals surface area contributed by atoms with E-state index in [1.807, 2.05) is 30.3 Å². The Hall–Kier alpha value is -2.67. The van der Waals surface area contributed by atoms with Crippen molar-refractivity contribution in [3.63, 3.8) is 0 Å². The number of cyclic esters (lactones) is 2. The van der Waals surface area contributed by atoms with Crippen molar-refractivity contribution in [1.82, 2.24) is 5.32 Å². The van der Waals surface area contributed by atoms with Crippen LogP contribution in [0.4, 0.5) is 4.79 Å². The molecular weight excluding hydrogens is 314 g/mol. The summed E-state index contributed by atoms with van der Waals surface area (Å²) >= 11 is 0. The summed E-state index contributed by atoms with van der Waals surface area (Å²) in [4.78, 5) is 35.5. The largest absolute Gasteiger partial charge is 0.445 e. The maximum Gasteiger partial charge on any atom is 0.407 e. The number of ether oxygens (including phenoxy) is 3. The first-order chi connectivity index (χ1) is 11.6. The van der Waals surface area contributed by atoms with E-state index in [0.717, 1.165) is 5.56 Å². The van der Waals surface area contributed by atoms with Crippen molar-refractivity contribution < 1.29 is 28.6 Å². The number of hydrogen-bond acceptors (Lipinski definition) is 6. The molecule has 4 atom stereocenters. The highest BCUT2D eigenvalue weighted by molar-refractivity contribution is 5.99. The number of amides is 1. The van der Waals surface area contributed by atoms with Gasteiger partial charge < -0.3 is 19.5 Å². The van der Waals surface area contributed by atoms with Crippen molar-refractivity contribution in [1.29, 1.82) is 0 Å². The van der Waals surface area contributed by atoms with E-state index in [1.54, 1.807) is 12.2 Å². The third-order valence-electron chi connectivity index (χ3n) is 4.61. The molecule has 2 saturated heterocycles. The van der Waals surface area contributed by atoms with Crippen LogP contribution >= 0.6 is 0 Å². The van der Waals surface area contributed by atoms with Crippen molar-refractivity contribution in [2.75, 3.05) is 6.54 Å². The molecule has 124 valence electrons. The van der Waals surface area contributed by atoms with Crippen LogP contribution in [0, 0.1) is 11.8 Å². The monoisotopic (exact) mass is 329 g/mol. The number of benzene rings is 1. The fourth-order valence-electron chi connectivity index (χ4n) is 3.50. The maximum absolute atomic E-state index is 11.9. The van der Waals surface area contributed by atoms with Gasteiger partial charge in [-0.25, -0.2) is 4.79 Å². The lowest BCUT2D eigenvalue weighted by Crippen LogP contribution is -2.47. The predicted molar refractivity (Wildman–Crippen MR) is 79.5 cm³/mol. The van der Waals surface area contributed by atoms with Crippen LogP contribution in [0.25, 0.3) is 0 Å². The normalized spacial score (nSPS) is 32.6. The average molecular weight is 329 g/mol. The molecule has 7 nitrogen and oxygen atoms in total. The second-order valence-electron chi connectivity index (χ2n) is 6.06. The molecule has 1 N–H and O–H groups in total. The summed E-state index contributed by atoms with van der Waals surface area (Å²) in [5.41, 5.74) is -0.168. The first-order valence-corrected chi connectivity index (χ1v) is 7.66. The topological polar surface area (TPSA) is 90.9 Å². The lowest BCUT2D eigenvalue weighted by atomic mass is 9.77. The molecule has 0 aromatic heterocycles. The van der Waals surface area contributed by atoms with Gasteiger partial charge in [0.2, 0.25) is 0 Å². The zero-order valence-electron chi connectivity index (χ0n) is 12.6. The predicted octanol–water partition coefficient (Wildman–Crippen LogP) is 0.936. The van der Waals surface area contributed by atoms with Gasteiger partial charge in [-0.05, 0) is 5.56 Å². The summed E-state index contributed by atoms with van der Waals surface area (Å²) < 4.78 is 15.6. The Morgan fingerprint density at radius 2 is 2.00 bits per heavy atom. The third-order valence-corrected chi connectivity index (χ3v) is 4.61. The summed E-state index contributed by atoms with van der Waals surface area (Å²) in [6.45, 7) is 0.183. The number of carbonyl (C=O) groups excluding carboxylic acids is 3. The summed E-state index contributed by atoms with van der Waals surface area (Å²) in [5, 5.41) is 2.60. The molecule has 7 heteroatoms. The van der Waals surface area contributed by atoms with Crippen LogP contribution in [-0.2, 0) is 30.4 Å². The highest BCUT2D eigenvalue weighted by Gasteiger charge is 2.67. The molecule has 0 spiro atoms. The molecule has 0 radical (unpaired) electrons. The second kappa shape index (κ2) is 5.45. The van der Waals surface area contributed by atoms with Gasteiger partial charge in [-0.1, -0.05) is 42.5 Å². The number of hydrogen-bond donors (Lipinski definition) is 1. The second-order valence-corrected chi connectivity index (χ2v) is 6.06. The SMILES string of the molecule is O=C(NC[C@@]12C=CC(O1)[C@@H]1C(=O)OC(=O)[C@@H]12)OCc1ccccc1. The Morgan fingerprint density at radius 1 is 1.21 bits per heavy atom. The quantitative estimate of drug-likeness (QED) is 0.502. The Bertz CT molecular complexity index is 730. The molecule has 24 heavy (non-hydrogen) atoms.